The second-order valence-corrected chi connectivity index (χ2v) is 11.0. The van der Waals surface area contributed by atoms with Gasteiger partial charge in [-0.1, -0.05) is 91.0 Å². The zero-order chi connectivity index (χ0) is 28.1. The summed E-state index contributed by atoms with van der Waals surface area (Å²) in [5, 5.41) is 8.64. The Balaban J connectivity index is 1.40. The number of para-hydroxylation sites is 3. The van der Waals surface area contributed by atoms with Gasteiger partial charge in [-0.15, -0.1) is 0 Å². The number of nitrogens with zero attached hydrogens (tertiary/aromatic N) is 3. The monoisotopic (exact) mass is 551 g/mol. The molecule has 4 aromatic heterocycles. The average molecular weight is 552 g/mol. The van der Waals surface area contributed by atoms with Crippen LogP contribution in [0.2, 0.25) is 0 Å². The molecule has 0 unspecified atom stereocenters. The lowest BCUT2D eigenvalue weighted by Crippen LogP contribution is -2.02. The molecule has 0 bridgehead atoms. The Hall–Kier alpha value is -5.94. The highest BCUT2D eigenvalue weighted by atomic mass is 16.3. The minimum absolute atomic E-state index is 0.553. The van der Waals surface area contributed by atoms with Crippen LogP contribution in [0.1, 0.15) is 0 Å². The summed E-state index contributed by atoms with van der Waals surface area (Å²) in [7, 11) is 0. The molecular weight excluding hydrogens is 530 g/mol. The minimum Gasteiger partial charge on any atom is -0.456 e. The van der Waals surface area contributed by atoms with Gasteiger partial charge in [-0.2, -0.15) is 4.98 Å². The van der Waals surface area contributed by atoms with Crippen LogP contribution in [0.5, 0.6) is 0 Å². The zero-order valence-electron chi connectivity index (χ0n) is 22.8. The Kier molecular flexibility index (Phi) is 4.39. The first-order chi connectivity index (χ1) is 21.3. The average Bonchev–Trinajstić information content (AvgIpc) is 3.72. The molecule has 0 saturated carbocycles. The number of hydrogen-bond donors (Lipinski definition) is 0. The Morgan fingerprint density at radius 3 is 1.95 bits per heavy atom. The predicted molar refractivity (Wildman–Crippen MR) is 174 cm³/mol. The molecule has 0 atom stereocenters. The molecular formula is C38H21N3O2. The molecule has 0 N–H and O–H groups in total. The number of benzene rings is 6. The molecule has 6 aromatic carbocycles. The van der Waals surface area contributed by atoms with Crippen LogP contribution in [-0.4, -0.2) is 14.5 Å². The van der Waals surface area contributed by atoms with Gasteiger partial charge in [-0.25, -0.2) is 4.98 Å². The van der Waals surface area contributed by atoms with Gasteiger partial charge in [0.15, 0.2) is 11.6 Å². The molecule has 200 valence electrons. The van der Waals surface area contributed by atoms with E-state index in [1.165, 1.54) is 21.5 Å². The van der Waals surface area contributed by atoms with Crippen LogP contribution >= 0.6 is 0 Å². The summed E-state index contributed by atoms with van der Waals surface area (Å²) in [5.41, 5.74) is 6.04. The molecule has 0 saturated heterocycles. The van der Waals surface area contributed by atoms with Crippen LogP contribution in [0.4, 0.5) is 0 Å². The largest absolute Gasteiger partial charge is 0.456 e. The van der Waals surface area contributed by atoms with E-state index in [0.29, 0.717) is 11.5 Å². The maximum atomic E-state index is 6.44. The van der Waals surface area contributed by atoms with Crippen molar-refractivity contribution in [2.24, 2.45) is 0 Å². The Bertz CT molecular complexity index is 2750. The van der Waals surface area contributed by atoms with Crippen molar-refractivity contribution in [2.75, 3.05) is 0 Å². The van der Waals surface area contributed by atoms with Crippen LogP contribution in [0.15, 0.2) is 136 Å². The molecule has 0 fully saturated rings. The van der Waals surface area contributed by atoms with Gasteiger partial charge in [0.05, 0.1) is 16.4 Å². The third kappa shape index (κ3) is 3.11. The third-order valence-corrected chi connectivity index (χ3v) is 8.62. The zero-order valence-corrected chi connectivity index (χ0v) is 22.8. The Labute approximate surface area is 244 Å². The first kappa shape index (κ1) is 22.7. The molecule has 5 heteroatoms. The fourth-order valence-corrected chi connectivity index (χ4v) is 6.73. The van der Waals surface area contributed by atoms with E-state index in [2.05, 4.69) is 83.4 Å². The molecule has 0 radical (unpaired) electrons. The van der Waals surface area contributed by atoms with Gasteiger partial charge in [-0.05, 0) is 47.2 Å². The Morgan fingerprint density at radius 2 is 1.12 bits per heavy atom. The van der Waals surface area contributed by atoms with Gasteiger partial charge in [0, 0.05) is 32.5 Å². The molecule has 0 aliphatic heterocycles. The molecule has 0 aliphatic carbocycles. The van der Waals surface area contributed by atoms with Crippen molar-refractivity contribution in [2.45, 2.75) is 0 Å². The fraction of sp³-hybridized carbons (Fsp3) is 0. The molecule has 5 nitrogen and oxygen atoms in total. The number of fused-ring (bicyclic) bond motifs is 10. The first-order valence-electron chi connectivity index (χ1n) is 14.3. The van der Waals surface area contributed by atoms with E-state index in [1.54, 1.807) is 0 Å². The highest BCUT2D eigenvalue weighted by Crippen LogP contribution is 2.41. The second-order valence-electron chi connectivity index (χ2n) is 11.0. The lowest BCUT2D eigenvalue weighted by atomic mass is 10.1. The third-order valence-electron chi connectivity index (χ3n) is 8.62. The number of aromatic nitrogens is 3. The standard InChI is InChI=1S/C38H21N3O2/c1-2-11-23-21-30-28(20-22(23)10-1)24-12-3-6-16-29(24)41(30)37-35-26-14-5-8-18-32(26)43-38(35)40-36(39-37)27-15-9-19-33-34(27)25-13-4-7-17-31(25)42-33/h1-21H. The van der Waals surface area contributed by atoms with Gasteiger partial charge >= 0.3 is 0 Å². The molecule has 0 spiro atoms. The van der Waals surface area contributed by atoms with Gasteiger partial charge in [0.25, 0.3) is 0 Å². The summed E-state index contributed by atoms with van der Waals surface area (Å²) >= 11 is 0. The van der Waals surface area contributed by atoms with Crippen LogP contribution in [0.3, 0.4) is 0 Å². The van der Waals surface area contributed by atoms with Crippen LogP contribution in [0, 0.1) is 0 Å². The smallest absolute Gasteiger partial charge is 0.233 e. The Morgan fingerprint density at radius 1 is 0.465 bits per heavy atom. The summed E-state index contributed by atoms with van der Waals surface area (Å²) in [4.78, 5) is 10.5. The molecule has 4 heterocycles. The summed E-state index contributed by atoms with van der Waals surface area (Å²) < 4.78 is 14.9. The molecule has 43 heavy (non-hydrogen) atoms. The first-order valence-corrected chi connectivity index (χ1v) is 14.3. The van der Waals surface area contributed by atoms with E-state index in [-0.39, 0.29) is 0 Å². The van der Waals surface area contributed by atoms with Crippen LogP contribution < -0.4 is 0 Å². The lowest BCUT2D eigenvalue weighted by Gasteiger charge is -2.11. The van der Waals surface area contributed by atoms with E-state index in [1.807, 2.05) is 48.5 Å². The summed E-state index contributed by atoms with van der Waals surface area (Å²) in [6.45, 7) is 0. The van der Waals surface area contributed by atoms with Crippen molar-refractivity contribution in [3.05, 3.63) is 127 Å². The maximum Gasteiger partial charge on any atom is 0.233 e. The van der Waals surface area contributed by atoms with E-state index in [0.717, 1.165) is 60.7 Å². The highest BCUT2D eigenvalue weighted by Gasteiger charge is 2.23. The van der Waals surface area contributed by atoms with E-state index < -0.39 is 0 Å². The second kappa shape index (κ2) is 8.30. The maximum absolute atomic E-state index is 6.44. The predicted octanol–water partition coefficient (Wildman–Crippen LogP) is 10.2. The molecule has 0 aliphatic rings. The van der Waals surface area contributed by atoms with Gasteiger partial charge < -0.3 is 8.83 Å². The fourth-order valence-electron chi connectivity index (χ4n) is 6.73. The summed E-state index contributed by atoms with van der Waals surface area (Å²) in [6.07, 6.45) is 0. The summed E-state index contributed by atoms with van der Waals surface area (Å²) in [6, 6.07) is 43.9. The van der Waals surface area contributed by atoms with Crippen LogP contribution in [-0.2, 0) is 0 Å². The quantitative estimate of drug-likeness (QED) is 0.214. The van der Waals surface area contributed by atoms with Crippen LogP contribution in [0.25, 0.3) is 93.8 Å². The van der Waals surface area contributed by atoms with E-state index in [4.69, 9.17) is 18.8 Å². The highest BCUT2D eigenvalue weighted by molar-refractivity contribution is 6.17. The van der Waals surface area contributed by atoms with Crippen molar-refractivity contribution >= 4 is 76.6 Å². The normalized spacial score (nSPS) is 12.2. The van der Waals surface area contributed by atoms with Crippen molar-refractivity contribution < 1.29 is 8.83 Å². The van der Waals surface area contributed by atoms with Crippen molar-refractivity contribution in [3.63, 3.8) is 0 Å². The number of rotatable bonds is 2. The van der Waals surface area contributed by atoms with Gasteiger partial charge in [0.1, 0.15) is 16.7 Å². The minimum atomic E-state index is 0.553. The van der Waals surface area contributed by atoms with Gasteiger partial charge in [0.2, 0.25) is 5.71 Å². The summed E-state index contributed by atoms with van der Waals surface area (Å²) in [5.74, 6) is 1.38. The van der Waals surface area contributed by atoms with Crippen molar-refractivity contribution in [3.8, 4) is 17.2 Å². The molecule has 10 aromatic rings. The van der Waals surface area contributed by atoms with Crippen molar-refractivity contribution in [1.29, 1.82) is 0 Å². The van der Waals surface area contributed by atoms with Gasteiger partial charge in [-0.3, -0.25) is 4.57 Å². The number of furan rings is 2. The van der Waals surface area contributed by atoms with E-state index >= 15 is 0 Å². The molecule has 0 amide bonds. The topological polar surface area (TPSA) is 57.0 Å². The van der Waals surface area contributed by atoms with Crippen molar-refractivity contribution in [1.82, 2.24) is 14.5 Å². The lowest BCUT2D eigenvalue weighted by molar-refractivity contribution is 0.653. The SMILES string of the molecule is c1ccc2cc3c(cc2c1)c1ccccc1n3-c1nc(-c2cccc3oc4ccccc4c23)nc2oc3ccccc3c12. The van der Waals surface area contributed by atoms with E-state index in [9.17, 15) is 0 Å². The number of hydrogen-bond acceptors (Lipinski definition) is 4. The molecule has 10 rings (SSSR count).